The Kier molecular flexibility index (Phi) is 4.12. The zero-order valence-electron chi connectivity index (χ0n) is 14.5. The maximum Gasteiger partial charge on any atom is 0.191 e. The van der Waals surface area contributed by atoms with Gasteiger partial charge in [0.1, 0.15) is 5.75 Å². The highest BCUT2D eigenvalue weighted by Crippen LogP contribution is 2.47. The second kappa shape index (κ2) is 5.45. The number of carbonyl (C=O) groups excluding carboxylic acids is 1. The molecular formula is C19H27NO2. The lowest BCUT2D eigenvalue weighted by atomic mass is 9.63. The van der Waals surface area contributed by atoms with E-state index in [0.29, 0.717) is 5.56 Å². The van der Waals surface area contributed by atoms with E-state index < -0.39 is 0 Å². The summed E-state index contributed by atoms with van der Waals surface area (Å²) in [5.74, 6) is -0.0777. The number of ketones is 1. The van der Waals surface area contributed by atoms with E-state index in [2.05, 4.69) is 27.7 Å². The van der Waals surface area contributed by atoms with Gasteiger partial charge in [-0.25, -0.2) is 0 Å². The van der Waals surface area contributed by atoms with Crippen LogP contribution >= 0.6 is 0 Å². The van der Waals surface area contributed by atoms with E-state index in [-0.39, 0.29) is 22.4 Å². The van der Waals surface area contributed by atoms with Crippen LogP contribution in [0.5, 0.6) is 5.75 Å². The second-order valence-electron chi connectivity index (χ2n) is 7.83. The number of benzene rings is 1. The number of hydrogen-bond donors (Lipinski definition) is 1. The Bertz CT molecular complexity index is 625. The van der Waals surface area contributed by atoms with Crippen LogP contribution in [0.3, 0.4) is 0 Å². The number of phenols is 1. The van der Waals surface area contributed by atoms with E-state index in [1.807, 2.05) is 20.2 Å². The Morgan fingerprint density at radius 1 is 1.09 bits per heavy atom. The molecule has 2 rings (SSSR count). The molecule has 0 atom stereocenters. The summed E-state index contributed by atoms with van der Waals surface area (Å²) < 4.78 is 0. The van der Waals surface area contributed by atoms with Crippen LogP contribution in [0.4, 0.5) is 0 Å². The molecule has 3 nitrogen and oxygen atoms in total. The molecule has 0 aromatic heterocycles. The summed E-state index contributed by atoms with van der Waals surface area (Å²) in [4.78, 5) is 14.2. The number of nitrogens with zero attached hydrogens (tertiary/aromatic N) is 1. The monoisotopic (exact) mass is 301 g/mol. The van der Waals surface area contributed by atoms with Crippen molar-refractivity contribution >= 4 is 5.78 Å². The van der Waals surface area contributed by atoms with Gasteiger partial charge in [0.2, 0.25) is 0 Å². The van der Waals surface area contributed by atoms with E-state index in [1.165, 1.54) is 11.6 Å². The first-order valence-corrected chi connectivity index (χ1v) is 7.81. The zero-order chi connectivity index (χ0) is 16.7. The maximum absolute atomic E-state index is 12.4. The van der Waals surface area contributed by atoms with Crippen molar-refractivity contribution < 1.29 is 9.90 Å². The summed E-state index contributed by atoms with van der Waals surface area (Å²) in [6, 6.07) is 3.70. The molecule has 0 spiro atoms. The lowest BCUT2D eigenvalue weighted by Gasteiger charge is -2.42. The number of allylic oxidation sites excluding steroid dienone is 1. The molecule has 0 aliphatic heterocycles. The molecular weight excluding hydrogens is 274 g/mol. The van der Waals surface area contributed by atoms with Crippen molar-refractivity contribution in [2.45, 2.75) is 51.4 Å². The maximum atomic E-state index is 12.4. The van der Waals surface area contributed by atoms with Crippen LogP contribution < -0.4 is 0 Å². The Morgan fingerprint density at radius 2 is 1.59 bits per heavy atom. The Balaban J connectivity index is 2.55. The fraction of sp³-hybridized carbons (Fsp3) is 0.526. The smallest absolute Gasteiger partial charge is 0.191 e. The summed E-state index contributed by atoms with van der Waals surface area (Å²) in [6.07, 6.45) is 5.37. The normalized spacial score (nSPS) is 19.0. The van der Waals surface area contributed by atoms with Gasteiger partial charge < -0.3 is 10.0 Å². The first-order valence-electron chi connectivity index (χ1n) is 7.81. The van der Waals surface area contributed by atoms with Gasteiger partial charge in [-0.05, 0) is 46.9 Å². The zero-order valence-corrected chi connectivity index (χ0v) is 14.5. The summed E-state index contributed by atoms with van der Waals surface area (Å²) in [6.45, 7) is 8.83. The molecule has 1 aromatic carbocycles. The molecule has 0 bridgehead atoms. The van der Waals surface area contributed by atoms with Crippen molar-refractivity contribution in [1.82, 2.24) is 4.90 Å². The van der Waals surface area contributed by atoms with E-state index in [4.69, 9.17) is 0 Å². The standard InChI is InChI=1S/C19H27NO2/c1-18(2)8-9-19(3,4)15-12-17(22)13(11-14(15)18)16(21)7-10-20(5)6/h7,10-12,22H,8-9H2,1-6H3. The minimum absolute atomic E-state index is 0.0266. The third-order valence-electron chi connectivity index (χ3n) is 4.76. The van der Waals surface area contributed by atoms with Crippen LogP contribution in [-0.4, -0.2) is 29.9 Å². The van der Waals surface area contributed by atoms with E-state index in [0.717, 1.165) is 18.4 Å². The third kappa shape index (κ3) is 3.03. The minimum atomic E-state index is -0.159. The second-order valence-corrected chi connectivity index (χ2v) is 7.83. The molecule has 0 heterocycles. The molecule has 0 fully saturated rings. The predicted molar refractivity (Wildman–Crippen MR) is 90.6 cm³/mol. The van der Waals surface area contributed by atoms with Gasteiger partial charge in [0.15, 0.2) is 5.78 Å². The van der Waals surface area contributed by atoms with Crippen molar-refractivity contribution in [2.75, 3.05) is 14.1 Å². The van der Waals surface area contributed by atoms with Crippen molar-refractivity contribution in [3.63, 3.8) is 0 Å². The molecule has 1 N–H and O–H groups in total. The van der Waals surface area contributed by atoms with Crippen molar-refractivity contribution in [3.8, 4) is 5.75 Å². The van der Waals surface area contributed by atoms with E-state index in [1.54, 1.807) is 17.2 Å². The molecule has 0 amide bonds. The summed E-state index contributed by atoms with van der Waals surface area (Å²) in [5, 5.41) is 10.3. The van der Waals surface area contributed by atoms with Crippen molar-refractivity contribution in [3.05, 3.63) is 41.1 Å². The molecule has 1 aromatic rings. The number of fused-ring (bicyclic) bond motifs is 1. The number of rotatable bonds is 3. The van der Waals surface area contributed by atoms with Gasteiger partial charge in [-0.3, -0.25) is 4.79 Å². The summed E-state index contributed by atoms with van der Waals surface area (Å²) in [7, 11) is 3.73. The van der Waals surface area contributed by atoms with Crippen LogP contribution in [0, 0.1) is 0 Å². The minimum Gasteiger partial charge on any atom is -0.507 e. The molecule has 0 radical (unpaired) electrons. The largest absolute Gasteiger partial charge is 0.507 e. The Hall–Kier alpha value is -1.77. The Morgan fingerprint density at radius 3 is 2.09 bits per heavy atom. The highest BCUT2D eigenvalue weighted by molar-refractivity contribution is 6.06. The van der Waals surface area contributed by atoms with Crippen LogP contribution in [-0.2, 0) is 10.8 Å². The lowest BCUT2D eigenvalue weighted by Crippen LogP contribution is -2.34. The highest BCUT2D eigenvalue weighted by Gasteiger charge is 2.38. The predicted octanol–water partition coefficient (Wildman–Crippen LogP) is 4.00. The fourth-order valence-electron chi connectivity index (χ4n) is 3.11. The van der Waals surface area contributed by atoms with Gasteiger partial charge in [0.25, 0.3) is 0 Å². The summed E-state index contributed by atoms with van der Waals surface area (Å²) in [5.41, 5.74) is 2.79. The van der Waals surface area contributed by atoms with Crippen molar-refractivity contribution in [2.24, 2.45) is 0 Å². The van der Waals surface area contributed by atoms with Gasteiger partial charge >= 0.3 is 0 Å². The molecule has 3 heteroatoms. The first kappa shape index (κ1) is 16.6. The van der Waals surface area contributed by atoms with Crippen molar-refractivity contribution in [1.29, 1.82) is 0 Å². The van der Waals surface area contributed by atoms with E-state index >= 15 is 0 Å². The van der Waals surface area contributed by atoms with Crippen LogP contribution in [0.25, 0.3) is 0 Å². The molecule has 0 unspecified atom stereocenters. The van der Waals surface area contributed by atoms with Crippen LogP contribution in [0.2, 0.25) is 0 Å². The average molecular weight is 301 g/mol. The first-order chi connectivity index (χ1) is 10.0. The number of hydrogen-bond acceptors (Lipinski definition) is 3. The number of aromatic hydroxyl groups is 1. The van der Waals surface area contributed by atoms with Crippen LogP contribution in [0.1, 0.15) is 62.0 Å². The lowest BCUT2D eigenvalue weighted by molar-refractivity contribution is 0.104. The molecule has 22 heavy (non-hydrogen) atoms. The molecule has 120 valence electrons. The molecule has 0 saturated carbocycles. The van der Waals surface area contributed by atoms with Gasteiger partial charge in [0, 0.05) is 26.4 Å². The van der Waals surface area contributed by atoms with Gasteiger partial charge in [-0.2, -0.15) is 0 Å². The molecule has 1 aliphatic carbocycles. The quantitative estimate of drug-likeness (QED) is 0.677. The fourth-order valence-corrected chi connectivity index (χ4v) is 3.11. The third-order valence-corrected chi connectivity index (χ3v) is 4.76. The van der Waals surface area contributed by atoms with Gasteiger partial charge in [-0.15, -0.1) is 0 Å². The molecule has 0 saturated heterocycles. The average Bonchev–Trinajstić information content (AvgIpc) is 2.41. The SMILES string of the molecule is CN(C)C=CC(=O)c1cc2c(cc1O)C(C)(C)CCC2(C)C. The van der Waals surface area contributed by atoms with Gasteiger partial charge in [0.05, 0.1) is 5.56 Å². The van der Waals surface area contributed by atoms with Gasteiger partial charge in [-0.1, -0.05) is 27.7 Å². The molecule has 1 aliphatic rings. The number of carbonyl (C=O) groups is 1. The van der Waals surface area contributed by atoms with Crippen LogP contribution in [0.15, 0.2) is 24.4 Å². The number of phenolic OH excluding ortho intramolecular Hbond substituents is 1. The Labute approximate surface area is 133 Å². The summed E-state index contributed by atoms with van der Waals surface area (Å²) >= 11 is 0. The topological polar surface area (TPSA) is 40.5 Å². The van der Waals surface area contributed by atoms with E-state index in [9.17, 15) is 9.90 Å². The highest BCUT2D eigenvalue weighted by atomic mass is 16.3.